The van der Waals surface area contributed by atoms with Crippen molar-refractivity contribution in [2.75, 3.05) is 12.5 Å². The second-order valence-corrected chi connectivity index (χ2v) is 8.56. The fourth-order valence-corrected chi connectivity index (χ4v) is 7.75. The molecule has 6 aliphatic rings. The lowest BCUT2D eigenvalue weighted by atomic mass is 9.69. The average molecular weight is 370 g/mol. The largest absolute Gasteiger partial charge is 0.377 e. The molecule has 27 heavy (non-hydrogen) atoms. The second kappa shape index (κ2) is 4.64. The van der Waals surface area contributed by atoms with Crippen molar-refractivity contribution >= 4 is 22.8 Å². The van der Waals surface area contributed by atoms with Gasteiger partial charge in [0.15, 0.2) is 0 Å². The van der Waals surface area contributed by atoms with E-state index in [0.29, 0.717) is 29.6 Å². The first kappa shape index (κ1) is 15.5. The van der Waals surface area contributed by atoms with Gasteiger partial charge in [-0.05, 0) is 42.6 Å². The van der Waals surface area contributed by atoms with Crippen LogP contribution in [0.15, 0.2) is 23.3 Å². The van der Waals surface area contributed by atoms with Gasteiger partial charge in [-0.2, -0.15) is 5.10 Å². The summed E-state index contributed by atoms with van der Waals surface area (Å²) < 4.78 is 6.07. The van der Waals surface area contributed by atoms with Crippen LogP contribution in [0.4, 0.5) is 17.1 Å². The number of anilines is 1. The molecule has 1 N–H and O–H groups in total. The molecule has 0 unspecified atom stereocenters. The van der Waals surface area contributed by atoms with Crippen molar-refractivity contribution < 1.29 is 14.6 Å². The SMILES string of the molecule is CO[C@@]12C[C@H]3[C@H]4C[C@H]5[C@@H](C(=NNc6ccc([N+](=O)[O-])cc6[N+](=O)[O-])[C@H]1[C@@H]35)[C@@H]42. The summed E-state index contributed by atoms with van der Waals surface area (Å²) in [5.74, 6) is 4.12. The topological polar surface area (TPSA) is 120 Å². The van der Waals surface area contributed by atoms with Gasteiger partial charge in [-0.15, -0.1) is 0 Å². The van der Waals surface area contributed by atoms with Gasteiger partial charge in [0.2, 0.25) is 0 Å². The third-order valence-corrected chi connectivity index (χ3v) is 8.16. The highest BCUT2D eigenvalue weighted by Gasteiger charge is 2.86. The zero-order chi connectivity index (χ0) is 18.7. The highest BCUT2D eigenvalue weighted by atomic mass is 16.6. The molecule has 0 amide bonds. The zero-order valence-corrected chi connectivity index (χ0v) is 14.6. The Hall–Kier alpha value is -2.55. The summed E-state index contributed by atoms with van der Waals surface area (Å²) in [4.78, 5) is 21.0. The van der Waals surface area contributed by atoms with Crippen molar-refractivity contribution in [3.8, 4) is 0 Å². The molecule has 8 atom stereocenters. The minimum absolute atomic E-state index is 0.0837. The molecular formula is C18H18N4O5. The molecule has 0 aliphatic heterocycles. The smallest absolute Gasteiger partial charge is 0.301 e. The molecule has 9 nitrogen and oxygen atoms in total. The maximum Gasteiger partial charge on any atom is 0.301 e. The van der Waals surface area contributed by atoms with E-state index in [2.05, 4.69) is 10.5 Å². The molecule has 6 saturated carbocycles. The van der Waals surface area contributed by atoms with Gasteiger partial charge in [-0.3, -0.25) is 25.7 Å². The van der Waals surface area contributed by atoms with E-state index in [9.17, 15) is 20.2 Å². The van der Waals surface area contributed by atoms with Crippen LogP contribution in [0.1, 0.15) is 12.8 Å². The number of methoxy groups -OCH3 is 1. The maximum atomic E-state index is 11.3. The fraction of sp³-hybridized carbons (Fsp3) is 0.611. The van der Waals surface area contributed by atoms with Crippen molar-refractivity contribution in [2.24, 2.45) is 46.5 Å². The molecule has 140 valence electrons. The van der Waals surface area contributed by atoms with Crippen molar-refractivity contribution in [3.63, 3.8) is 0 Å². The number of ether oxygens (including phenoxy) is 1. The Bertz CT molecular complexity index is 948. The number of benzene rings is 1. The first-order chi connectivity index (χ1) is 13.0. The minimum Gasteiger partial charge on any atom is -0.377 e. The zero-order valence-electron chi connectivity index (χ0n) is 14.6. The van der Waals surface area contributed by atoms with Crippen LogP contribution in [0.25, 0.3) is 0 Å². The number of nitrogens with zero attached hydrogens (tertiary/aromatic N) is 3. The Morgan fingerprint density at radius 3 is 2.74 bits per heavy atom. The number of non-ortho nitro benzene ring substituents is 1. The first-order valence-electron chi connectivity index (χ1n) is 9.29. The number of rotatable bonds is 5. The molecular weight excluding hydrogens is 352 g/mol. The van der Waals surface area contributed by atoms with Crippen LogP contribution < -0.4 is 5.43 Å². The Labute approximate surface area is 154 Å². The van der Waals surface area contributed by atoms with E-state index in [4.69, 9.17) is 4.74 Å². The summed E-state index contributed by atoms with van der Waals surface area (Å²) in [5, 5.41) is 26.9. The van der Waals surface area contributed by atoms with E-state index in [1.165, 1.54) is 18.6 Å². The highest BCUT2D eigenvalue weighted by Crippen LogP contribution is 2.83. The van der Waals surface area contributed by atoms with Gasteiger partial charge in [-0.1, -0.05) is 0 Å². The molecule has 0 saturated heterocycles. The summed E-state index contributed by atoms with van der Waals surface area (Å²) >= 11 is 0. The normalized spacial score (nSPS) is 45.5. The number of nitro benzene ring substituents is 2. The highest BCUT2D eigenvalue weighted by molar-refractivity contribution is 5.98. The first-order valence-corrected chi connectivity index (χ1v) is 9.29. The monoisotopic (exact) mass is 370 g/mol. The standard InChI is InChI=1S/C18H18N4O5/c1-27-18-6-10-8-5-9-13(10)16(18)17(14(9)15(8)18)20-19-11-3-2-7(21(23)24)4-12(11)22(25)26/h2-4,8-10,13-16,19H,5-6H2,1H3/t8-,9-,10+,13-,14-,15-,16-,18-/m1/s1. The van der Waals surface area contributed by atoms with Crippen molar-refractivity contribution in [1.82, 2.24) is 0 Å². The van der Waals surface area contributed by atoms with E-state index >= 15 is 0 Å². The Kier molecular flexibility index (Phi) is 2.67. The predicted molar refractivity (Wildman–Crippen MR) is 94.2 cm³/mol. The van der Waals surface area contributed by atoms with Gasteiger partial charge >= 0.3 is 5.69 Å². The molecule has 7 rings (SSSR count). The lowest BCUT2D eigenvalue weighted by Gasteiger charge is -2.40. The molecule has 9 heteroatoms. The van der Waals surface area contributed by atoms with Crippen LogP contribution in [0, 0.1) is 61.7 Å². The number of hydrogen-bond acceptors (Lipinski definition) is 7. The molecule has 0 aromatic heterocycles. The Morgan fingerprint density at radius 1 is 1.22 bits per heavy atom. The molecule has 1 aromatic carbocycles. The van der Waals surface area contributed by atoms with E-state index < -0.39 is 9.85 Å². The third kappa shape index (κ3) is 1.55. The van der Waals surface area contributed by atoms with Gasteiger partial charge in [0.25, 0.3) is 5.69 Å². The van der Waals surface area contributed by atoms with Crippen LogP contribution in [0.2, 0.25) is 0 Å². The van der Waals surface area contributed by atoms with E-state index in [1.54, 1.807) is 0 Å². The summed E-state index contributed by atoms with van der Waals surface area (Å²) in [6, 6.07) is 3.59. The number of hydrazone groups is 1. The average Bonchev–Trinajstić information content (AvgIpc) is 3.38. The molecule has 6 bridgehead atoms. The summed E-state index contributed by atoms with van der Waals surface area (Å²) in [6.45, 7) is 0. The van der Waals surface area contributed by atoms with Gasteiger partial charge in [-0.25, -0.2) is 0 Å². The second-order valence-electron chi connectivity index (χ2n) is 8.56. The number of nitro groups is 2. The van der Waals surface area contributed by atoms with Crippen LogP contribution in [0.5, 0.6) is 0 Å². The molecule has 0 radical (unpaired) electrons. The fourth-order valence-electron chi connectivity index (χ4n) is 7.75. The van der Waals surface area contributed by atoms with Crippen LogP contribution in [-0.4, -0.2) is 28.3 Å². The molecule has 6 aliphatic carbocycles. The van der Waals surface area contributed by atoms with Gasteiger partial charge < -0.3 is 4.74 Å². The molecule has 1 aromatic rings. The number of hydrogen-bond donors (Lipinski definition) is 1. The molecule has 6 fully saturated rings. The van der Waals surface area contributed by atoms with E-state index in [-0.39, 0.29) is 22.7 Å². The Balaban J connectivity index is 1.37. The molecule has 0 spiro atoms. The lowest BCUT2D eigenvalue weighted by Crippen LogP contribution is -2.45. The number of nitrogens with one attached hydrogen (secondary N) is 1. The third-order valence-electron chi connectivity index (χ3n) is 8.16. The van der Waals surface area contributed by atoms with Gasteiger partial charge in [0.1, 0.15) is 5.69 Å². The van der Waals surface area contributed by atoms with Crippen LogP contribution >= 0.6 is 0 Å². The summed E-state index contributed by atoms with van der Waals surface area (Å²) in [7, 11) is 1.81. The maximum absolute atomic E-state index is 11.3. The van der Waals surface area contributed by atoms with Crippen LogP contribution in [-0.2, 0) is 4.74 Å². The van der Waals surface area contributed by atoms with Crippen molar-refractivity contribution in [3.05, 3.63) is 38.4 Å². The van der Waals surface area contributed by atoms with E-state index in [0.717, 1.165) is 30.0 Å². The lowest BCUT2D eigenvalue weighted by molar-refractivity contribution is -0.393. The van der Waals surface area contributed by atoms with Gasteiger partial charge in [0.05, 0.1) is 21.5 Å². The Morgan fingerprint density at radius 2 is 2.04 bits per heavy atom. The summed E-state index contributed by atoms with van der Waals surface area (Å²) in [6.07, 6.45) is 2.39. The van der Waals surface area contributed by atoms with E-state index in [1.807, 2.05) is 7.11 Å². The molecule has 0 heterocycles. The minimum atomic E-state index is -0.639. The van der Waals surface area contributed by atoms with Crippen molar-refractivity contribution in [1.29, 1.82) is 0 Å². The van der Waals surface area contributed by atoms with Crippen molar-refractivity contribution in [2.45, 2.75) is 18.4 Å². The summed E-state index contributed by atoms with van der Waals surface area (Å²) in [5.41, 5.74) is 3.42. The predicted octanol–water partition coefficient (Wildman–Crippen LogP) is 2.82. The quantitative estimate of drug-likeness (QED) is 0.628. The van der Waals surface area contributed by atoms with Gasteiger partial charge in [0, 0.05) is 36.6 Å². The van der Waals surface area contributed by atoms with Crippen LogP contribution in [0.3, 0.4) is 0 Å².